The molecule has 3 rings (SSSR count). The second-order valence-corrected chi connectivity index (χ2v) is 7.92. The Bertz CT molecular complexity index is 292. The summed E-state index contributed by atoms with van der Waals surface area (Å²) in [6.07, 6.45) is 11.2. The standard InChI is InChI=1S/C16H30N2/c1-15(2)7-9-16(12-17,10-8-15)18(14-5-6-14)11-13-3-4-13/h13-14H,3-12,17H2,1-2H3. The summed E-state index contributed by atoms with van der Waals surface area (Å²) in [5, 5.41) is 0. The molecular weight excluding hydrogens is 220 g/mol. The van der Waals surface area contributed by atoms with Crippen LogP contribution in [0.5, 0.6) is 0 Å². The van der Waals surface area contributed by atoms with Gasteiger partial charge in [-0.3, -0.25) is 4.90 Å². The molecule has 0 saturated heterocycles. The predicted octanol–water partition coefficient (Wildman–Crippen LogP) is 3.16. The van der Waals surface area contributed by atoms with E-state index in [0.29, 0.717) is 11.0 Å². The third-order valence-corrected chi connectivity index (χ3v) is 5.66. The quantitative estimate of drug-likeness (QED) is 0.812. The zero-order valence-corrected chi connectivity index (χ0v) is 12.3. The fraction of sp³-hybridized carbons (Fsp3) is 1.00. The van der Waals surface area contributed by atoms with Gasteiger partial charge in [0, 0.05) is 24.7 Å². The Labute approximate surface area is 112 Å². The highest BCUT2D eigenvalue weighted by molar-refractivity contribution is 5.04. The smallest absolute Gasteiger partial charge is 0.0335 e. The lowest BCUT2D eigenvalue weighted by Gasteiger charge is -2.50. The van der Waals surface area contributed by atoms with Gasteiger partial charge in [0.1, 0.15) is 0 Å². The average Bonchev–Trinajstić information content (AvgIpc) is 3.21. The topological polar surface area (TPSA) is 29.3 Å². The van der Waals surface area contributed by atoms with Gasteiger partial charge in [-0.25, -0.2) is 0 Å². The van der Waals surface area contributed by atoms with E-state index in [1.54, 1.807) is 0 Å². The zero-order chi connectivity index (χ0) is 12.8. The number of hydrogen-bond acceptors (Lipinski definition) is 2. The van der Waals surface area contributed by atoms with Crippen LogP contribution < -0.4 is 5.73 Å². The normalized spacial score (nSPS) is 30.7. The third-order valence-electron chi connectivity index (χ3n) is 5.66. The van der Waals surface area contributed by atoms with Crippen molar-refractivity contribution in [3.05, 3.63) is 0 Å². The van der Waals surface area contributed by atoms with Gasteiger partial charge in [-0.05, 0) is 62.7 Å². The second kappa shape index (κ2) is 4.49. The van der Waals surface area contributed by atoms with Crippen molar-refractivity contribution in [3.8, 4) is 0 Å². The van der Waals surface area contributed by atoms with E-state index in [9.17, 15) is 0 Å². The van der Waals surface area contributed by atoms with E-state index in [2.05, 4.69) is 18.7 Å². The van der Waals surface area contributed by atoms with E-state index in [0.717, 1.165) is 18.5 Å². The van der Waals surface area contributed by atoms with E-state index in [1.165, 1.54) is 57.9 Å². The summed E-state index contributed by atoms with van der Waals surface area (Å²) in [5.74, 6) is 1.00. The van der Waals surface area contributed by atoms with Crippen molar-refractivity contribution in [2.24, 2.45) is 17.1 Å². The Kier molecular flexibility index (Phi) is 3.22. The molecule has 0 atom stereocenters. The average molecular weight is 250 g/mol. The van der Waals surface area contributed by atoms with Crippen LogP contribution in [-0.4, -0.2) is 29.6 Å². The van der Waals surface area contributed by atoms with Gasteiger partial charge in [0.2, 0.25) is 0 Å². The van der Waals surface area contributed by atoms with Gasteiger partial charge >= 0.3 is 0 Å². The van der Waals surface area contributed by atoms with Crippen LogP contribution in [0.1, 0.15) is 65.2 Å². The van der Waals surface area contributed by atoms with Crippen LogP contribution in [0.3, 0.4) is 0 Å². The van der Waals surface area contributed by atoms with Crippen LogP contribution in [0.4, 0.5) is 0 Å². The van der Waals surface area contributed by atoms with Crippen LogP contribution in [-0.2, 0) is 0 Å². The summed E-state index contributed by atoms with van der Waals surface area (Å²) in [7, 11) is 0. The molecule has 0 aromatic rings. The van der Waals surface area contributed by atoms with E-state index >= 15 is 0 Å². The van der Waals surface area contributed by atoms with E-state index in [1.807, 2.05) is 0 Å². The molecule has 0 heterocycles. The lowest BCUT2D eigenvalue weighted by molar-refractivity contribution is 0.0134. The fourth-order valence-corrected chi connectivity index (χ4v) is 3.70. The molecule has 104 valence electrons. The molecule has 0 amide bonds. The highest BCUT2D eigenvalue weighted by Gasteiger charge is 2.47. The van der Waals surface area contributed by atoms with Crippen LogP contribution in [0, 0.1) is 11.3 Å². The van der Waals surface area contributed by atoms with Gasteiger partial charge < -0.3 is 5.73 Å². The van der Waals surface area contributed by atoms with E-state index in [4.69, 9.17) is 5.73 Å². The van der Waals surface area contributed by atoms with Gasteiger partial charge in [0.15, 0.2) is 0 Å². The van der Waals surface area contributed by atoms with Crippen molar-refractivity contribution in [1.29, 1.82) is 0 Å². The van der Waals surface area contributed by atoms with Gasteiger partial charge in [0.25, 0.3) is 0 Å². The zero-order valence-electron chi connectivity index (χ0n) is 12.3. The predicted molar refractivity (Wildman–Crippen MR) is 76.5 cm³/mol. The molecule has 3 aliphatic rings. The first-order valence-corrected chi connectivity index (χ1v) is 8.02. The van der Waals surface area contributed by atoms with Crippen molar-refractivity contribution >= 4 is 0 Å². The molecule has 3 fully saturated rings. The fourth-order valence-electron chi connectivity index (χ4n) is 3.70. The maximum absolute atomic E-state index is 6.25. The second-order valence-electron chi connectivity index (χ2n) is 7.92. The molecule has 0 radical (unpaired) electrons. The third kappa shape index (κ3) is 2.60. The minimum absolute atomic E-state index is 0.360. The van der Waals surface area contributed by atoms with E-state index < -0.39 is 0 Å². The highest BCUT2D eigenvalue weighted by atomic mass is 15.3. The van der Waals surface area contributed by atoms with Gasteiger partial charge in [-0.15, -0.1) is 0 Å². The van der Waals surface area contributed by atoms with Crippen LogP contribution in [0.15, 0.2) is 0 Å². The van der Waals surface area contributed by atoms with Crippen LogP contribution in [0.2, 0.25) is 0 Å². The Balaban J connectivity index is 1.71. The first-order chi connectivity index (χ1) is 8.55. The number of rotatable bonds is 5. The lowest BCUT2D eigenvalue weighted by Crippen LogP contribution is -2.58. The minimum atomic E-state index is 0.360. The van der Waals surface area contributed by atoms with Gasteiger partial charge in [-0.2, -0.15) is 0 Å². The summed E-state index contributed by atoms with van der Waals surface area (Å²) in [6.45, 7) is 7.08. The molecule has 3 aliphatic carbocycles. The first-order valence-electron chi connectivity index (χ1n) is 8.02. The molecule has 18 heavy (non-hydrogen) atoms. The largest absolute Gasteiger partial charge is 0.329 e. The maximum Gasteiger partial charge on any atom is 0.0335 e. The molecule has 2 N–H and O–H groups in total. The Morgan fingerprint density at radius 1 is 1.00 bits per heavy atom. The molecule has 0 aromatic carbocycles. The first kappa shape index (κ1) is 12.9. The minimum Gasteiger partial charge on any atom is -0.329 e. The number of nitrogens with zero attached hydrogens (tertiary/aromatic N) is 1. The lowest BCUT2D eigenvalue weighted by atomic mass is 9.68. The number of hydrogen-bond donors (Lipinski definition) is 1. The molecule has 2 heteroatoms. The molecular formula is C16H30N2. The number of nitrogens with two attached hydrogens (primary N) is 1. The molecule has 3 saturated carbocycles. The summed E-state index contributed by atoms with van der Waals surface area (Å²) < 4.78 is 0. The van der Waals surface area contributed by atoms with Crippen molar-refractivity contribution in [2.45, 2.75) is 76.8 Å². The Morgan fingerprint density at radius 2 is 1.61 bits per heavy atom. The van der Waals surface area contributed by atoms with Crippen LogP contribution in [0.25, 0.3) is 0 Å². The molecule has 0 unspecified atom stereocenters. The molecule has 2 nitrogen and oxygen atoms in total. The monoisotopic (exact) mass is 250 g/mol. The summed E-state index contributed by atoms with van der Waals surface area (Å²) in [5.41, 5.74) is 7.16. The highest BCUT2D eigenvalue weighted by Crippen LogP contribution is 2.47. The Hall–Kier alpha value is -0.0800. The SMILES string of the molecule is CC1(C)CCC(CN)(N(CC2CC2)C2CC2)CC1. The van der Waals surface area contributed by atoms with Crippen molar-refractivity contribution in [1.82, 2.24) is 4.90 Å². The molecule has 0 aliphatic heterocycles. The summed E-state index contributed by atoms with van der Waals surface area (Å²) in [4.78, 5) is 2.86. The van der Waals surface area contributed by atoms with Crippen molar-refractivity contribution in [3.63, 3.8) is 0 Å². The summed E-state index contributed by atoms with van der Waals surface area (Å²) in [6, 6.07) is 0.885. The van der Waals surface area contributed by atoms with Gasteiger partial charge in [0.05, 0.1) is 0 Å². The van der Waals surface area contributed by atoms with Crippen LogP contribution >= 0.6 is 0 Å². The maximum atomic E-state index is 6.25. The molecule has 0 bridgehead atoms. The van der Waals surface area contributed by atoms with Gasteiger partial charge in [-0.1, -0.05) is 13.8 Å². The summed E-state index contributed by atoms with van der Waals surface area (Å²) >= 11 is 0. The van der Waals surface area contributed by atoms with Crippen molar-refractivity contribution in [2.75, 3.05) is 13.1 Å². The van der Waals surface area contributed by atoms with Crippen molar-refractivity contribution < 1.29 is 0 Å². The molecule has 0 spiro atoms. The molecule has 0 aromatic heterocycles. The van der Waals surface area contributed by atoms with E-state index in [-0.39, 0.29) is 0 Å². The Morgan fingerprint density at radius 3 is 2.06 bits per heavy atom.